The van der Waals surface area contributed by atoms with E-state index in [2.05, 4.69) is 5.32 Å². The van der Waals surface area contributed by atoms with E-state index in [4.69, 9.17) is 4.42 Å². The van der Waals surface area contributed by atoms with Crippen LogP contribution < -0.4 is 10.9 Å². The minimum atomic E-state index is -0.347. The van der Waals surface area contributed by atoms with Gasteiger partial charge in [0.15, 0.2) is 5.76 Å². The summed E-state index contributed by atoms with van der Waals surface area (Å²) in [5, 5.41) is 3.57. The number of furan rings is 1. The lowest BCUT2D eigenvalue weighted by Gasteiger charge is -2.04. The molecule has 0 aliphatic rings. The summed E-state index contributed by atoms with van der Waals surface area (Å²) >= 11 is 0. The first-order valence-corrected chi connectivity index (χ1v) is 6.10. The van der Waals surface area contributed by atoms with Crippen molar-refractivity contribution in [2.45, 2.75) is 0 Å². The van der Waals surface area contributed by atoms with Gasteiger partial charge in [0.2, 0.25) is 5.56 Å². The van der Waals surface area contributed by atoms with Crippen LogP contribution in [0.5, 0.6) is 0 Å². The molecule has 0 fully saturated rings. The number of aryl methyl sites for hydroxylation is 1. The SMILES string of the molecule is Cn1cc(NC(=O)c2cc3ccccc3o2)ccc1=O. The molecule has 0 unspecified atom stereocenters. The van der Waals surface area contributed by atoms with E-state index in [0.717, 1.165) is 5.39 Å². The number of hydrogen-bond acceptors (Lipinski definition) is 3. The number of benzene rings is 1. The van der Waals surface area contributed by atoms with Crippen molar-refractivity contribution in [3.63, 3.8) is 0 Å². The number of nitrogens with zero attached hydrogens (tertiary/aromatic N) is 1. The molecule has 100 valence electrons. The minimum Gasteiger partial charge on any atom is -0.451 e. The number of pyridine rings is 1. The zero-order chi connectivity index (χ0) is 14.1. The van der Waals surface area contributed by atoms with Gasteiger partial charge in [-0.25, -0.2) is 0 Å². The zero-order valence-electron chi connectivity index (χ0n) is 10.8. The number of carbonyl (C=O) groups excluding carboxylic acids is 1. The largest absolute Gasteiger partial charge is 0.451 e. The fraction of sp³-hybridized carbons (Fsp3) is 0.0667. The van der Waals surface area contributed by atoms with Crippen LogP contribution in [0.4, 0.5) is 5.69 Å². The highest BCUT2D eigenvalue weighted by Crippen LogP contribution is 2.19. The van der Waals surface area contributed by atoms with Crippen molar-refractivity contribution < 1.29 is 9.21 Å². The molecule has 0 aliphatic carbocycles. The lowest BCUT2D eigenvalue weighted by atomic mass is 10.2. The topological polar surface area (TPSA) is 64.2 Å². The van der Waals surface area contributed by atoms with E-state index in [9.17, 15) is 9.59 Å². The lowest BCUT2D eigenvalue weighted by molar-refractivity contribution is 0.0998. The quantitative estimate of drug-likeness (QED) is 0.776. The van der Waals surface area contributed by atoms with Crippen LogP contribution in [0.2, 0.25) is 0 Å². The maximum absolute atomic E-state index is 12.1. The lowest BCUT2D eigenvalue weighted by Crippen LogP contribution is -2.17. The van der Waals surface area contributed by atoms with E-state index in [-0.39, 0.29) is 17.2 Å². The molecule has 2 aromatic heterocycles. The molecule has 1 aromatic carbocycles. The molecule has 0 atom stereocenters. The molecule has 20 heavy (non-hydrogen) atoms. The van der Waals surface area contributed by atoms with Gasteiger partial charge < -0.3 is 14.3 Å². The predicted octanol–water partition coefficient (Wildman–Crippen LogP) is 2.38. The van der Waals surface area contributed by atoms with Crippen LogP contribution in [0.15, 0.2) is 57.9 Å². The molecule has 0 saturated heterocycles. The third-order valence-corrected chi connectivity index (χ3v) is 2.99. The number of hydrogen-bond donors (Lipinski definition) is 1. The fourth-order valence-corrected chi connectivity index (χ4v) is 1.95. The zero-order valence-corrected chi connectivity index (χ0v) is 10.8. The van der Waals surface area contributed by atoms with Crippen LogP contribution in [0.25, 0.3) is 11.0 Å². The van der Waals surface area contributed by atoms with Crippen LogP contribution in [0.3, 0.4) is 0 Å². The predicted molar refractivity (Wildman–Crippen MR) is 75.9 cm³/mol. The molecule has 5 nitrogen and oxygen atoms in total. The molecule has 3 rings (SSSR count). The van der Waals surface area contributed by atoms with Crippen LogP contribution in [-0.2, 0) is 7.05 Å². The van der Waals surface area contributed by atoms with Gasteiger partial charge in [-0.2, -0.15) is 0 Å². The molecule has 0 radical (unpaired) electrons. The molecular weight excluding hydrogens is 256 g/mol. The van der Waals surface area contributed by atoms with E-state index in [1.165, 1.54) is 10.6 Å². The smallest absolute Gasteiger partial charge is 0.291 e. The molecule has 0 spiro atoms. The number of fused-ring (bicyclic) bond motifs is 1. The van der Waals surface area contributed by atoms with Crippen molar-refractivity contribution in [1.82, 2.24) is 4.57 Å². The van der Waals surface area contributed by atoms with Crippen LogP contribution >= 0.6 is 0 Å². The summed E-state index contributed by atoms with van der Waals surface area (Å²) in [4.78, 5) is 23.4. The van der Waals surface area contributed by atoms with Gasteiger partial charge in [0.05, 0.1) is 5.69 Å². The number of para-hydroxylation sites is 1. The normalized spacial score (nSPS) is 10.7. The van der Waals surface area contributed by atoms with Crippen molar-refractivity contribution in [2.75, 3.05) is 5.32 Å². The Bertz CT molecular complexity index is 812. The molecule has 0 aliphatic heterocycles. The maximum atomic E-state index is 12.1. The number of nitrogens with one attached hydrogen (secondary N) is 1. The Morgan fingerprint density at radius 1 is 1.20 bits per heavy atom. The van der Waals surface area contributed by atoms with Gasteiger partial charge in [0.25, 0.3) is 5.91 Å². The van der Waals surface area contributed by atoms with E-state index in [1.54, 1.807) is 31.4 Å². The number of amides is 1. The van der Waals surface area contributed by atoms with Crippen LogP contribution in [-0.4, -0.2) is 10.5 Å². The molecule has 5 heteroatoms. The van der Waals surface area contributed by atoms with Crippen molar-refractivity contribution in [3.8, 4) is 0 Å². The van der Waals surface area contributed by atoms with Crippen molar-refractivity contribution in [1.29, 1.82) is 0 Å². The Hall–Kier alpha value is -2.82. The Morgan fingerprint density at radius 3 is 2.75 bits per heavy atom. The standard InChI is InChI=1S/C15H12N2O3/c1-17-9-11(6-7-14(17)18)16-15(19)13-8-10-4-2-3-5-12(10)20-13/h2-9H,1H3,(H,16,19). The molecule has 2 heterocycles. The first-order valence-electron chi connectivity index (χ1n) is 6.10. The van der Waals surface area contributed by atoms with Gasteiger partial charge in [-0.3, -0.25) is 9.59 Å². The first kappa shape index (κ1) is 12.2. The van der Waals surface area contributed by atoms with Crippen molar-refractivity contribution >= 4 is 22.6 Å². The summed E-state index contributed by atoms with van der Waals surface area (Å²) in [6.45, 7) is 0. The molecule has 0 bridgehead atoms. The Labute approximate surface area is 114 Å². The second kappa shape index (κ2) is 4.70. The van der Waals surface area contributed by atoms with Crippen LogP contribution in [0, 0.1) is 0 Å². The summed E-state index contributed by atoms with van der Waals surface area (Å²) in [7, 11) is 1.62. The van der Waals surface area contributed by atoms with E-state index in [1.807, 2.05) is 18.2 Å². The fourth-order valence-electron chi connectivity index (χ4n) is 1.95. The van der Waals surface area contributed by atoms with Crippen molar-refractivity contribution in [3.05, 3.63) is 64.8 Å². The monoisotopic (exact) mass is 268 g/mol. The maximum Gasteiger partial charge on any atom is 0.291 e. The van der Waals surface area contributed by atoms with E-state index >= 15 is 0 Å². The van der Waals surface area contributed by atoms with Gasteiger partial charge in [-0.15, -0.1) is 0 Å². The van der Waals surface area contributed by atoms with Gasteiger partial charge in [0, 0.05) is 24.7 Å². The highest BCUT2D eigenvalue weighted by Gasteiger charge is 2.12. The van der Waals surface area contributed by atoms with Gasteiger partial charge in [0.1, 0.15) is 5.58 Å². The Balaban J connectivity index is 1.88. The van der Waals surface area contributed by atoms with Gasteiger partial charge >= 0.3 is 0 Å². The Kier molecular flexibility index (Phi) is 2.87. The number of carbonyl (C=O) groups is 1. The highest BCUT2D eigenvalue weighted by molar-refractivity contribution is 6.04. The van der Waals surface area contributed by atoms with Gasteiger partial charge in [-0.05, 0) is 18.2 Å². The minimum absolute atomic E-state index is 0.133. The second-order valence-corrected chi connectivity index (χ2v) is 4.47. The molecule has 1 N–H and O–H groups in total. The van der Waals surface area contributed by atoms with E-state index < -0.39 is 0 Å². The van der Waals surface area contributed by atoms with Gasteiger partial charge in [-0.1, -0.05) is 18.2 Å². The number of aromatic nitrogens is 1. The summed E-state index contributed by atoms with van der Waals surface area (Å²) in [6, 6.07) is 12.1. The highest BCUT2D eigenvalue weighted by atomic mass is 16.3. The van der Waals surface area contributed by atoms with Crippen LogP contribution in [0.1, 0.15) is 10.6 Å². The average Bonchev–Trinajstić information content (AvgIpc) is 2.87. The summed E-state index contributed by atoms with van der Waals surface area (Å²) in [5.41, 5.74) is 1.07. The summed E-state index contributed by atoms with van der Waals surface area (Å²) in [6.07, 6.45) is 1.56. The number of anilines is 1. The average molecular weight is 268 g/mol. The second-order valence-electron chi connectivity index (χ2n) is 4.47. The summed E-state index contributed by atoms with van der Waals surface area (Å²) < 4.78 is 6.87. The third kappa shape index (κ3) is 2.21. The van der Waals surface area contributed by atoms with Crippen molar-refractivity contribution in [2.24, 2.45) is 7.05 Å². The van der Waals surface area contributed by atoms with E-state index in [0.29, 0.717) is 11.3 Å². The molecular formula is C15H12N2O3. The molecule has 3 aromatic rings. The molecule has 1 amide bonds. The first-order chi connectivity index (χ1) is 9.63. The number of rotatable bonds is 2. The third-order valence-electron chi connectivity index (χ3n) is 2.99. The molecule has 0 saturated carbocycles. The summed E-state index contributed by atoms with van der Waals surface area (Å²) in [5.74, 6) is -0.111. The Morgan fingerprint density at radius 2 is 2.00 bits per heavy atom.